The molecule has 1 aliphatic carbocycles. The van der Waals surface area contributed by atoms with Crippen molar-refractivity contribution < 1.29 is 4.79 Å². The molecular weight excluding hydrogens is 348 g/mol. The number of amides is 1. The molecule has 0 spiro atoms. The smallest absolute Gasteiger partial charge is 0.225 e. The van der Waals surface area contributed by atoms with E-state index in [1.54, 1.807) is 0 Å². The molecule has 2 fully saturated rings. The van der Waals surface area contributed by atoms with Gasteiger partial charge in [-0.25, -0.2) is 0 Å². The van der Waals surface area contributed by atoms with Gasteiger partial charge in [0, 0.05) is 24.7 Å². The second-order valence-electron chi connectivity index (χ2n) is 8.27. The molecule has 2 aliphatic rings. The van der Waals surface area contributed by atoms with Crippen molar-refractivity contribution in [2.24, 2.45) is 5.92 Å². The minimum absolute atomic E-state index is 0.0499. The van der Waals surface area contributed by atoms with Crippen molar-refractivity contribution >= 4 is 11.7 Å². The van der Waals surface area contributed by atoms with Crippen LogP contribution in [0.2, 0.25) is 0 Å². The number of aryl methyl sites for hydroxylation is 1. The van der Waals surface area contributed by atoms with Crippen LogP contribution in [0.3, 0.4) is 0 Å². The van der Waals surface area contributed by atoms with E-state index in [9.17, 15) is 4.79 Å². The van der Waals surface area contributed by atoms with Gasteiger partial charge in [0.15, 0.2) is 5.82 Å². The molecule has 1 unspecified atom stereocenters. The molecule has 1 aromatic carbocycles. The monoisotopic (exact) mass is 378 g/mol. The summed E-state index contributed by atoms with van der Waals surface area (Å²) in [6, 6.07) is 12.7. The summed E-state index contributed by atoms with van der Waals surface area (Å²) in [4.78, 5) is 15.0. The van der Waals surface area contributed by atoms with Crippen LogP contribution >= 0.6 is 0 Å². The Bertz CT molecular complexity index is 799. The highest BCUT2D eigenvalue weighted by Crippen LogP contribution is 2.25. The molecule has 4 rings (SSSR count). The van der Waals surface area contributed by atoms with Gasteiger partial charge in [-0.1, -0.05) is 43.0 Å². The first kappa shape index (κ1) is 18.9. The van der Waals surface area contributed by atoms with Crippen molar-refractivity contribution in [3.05, 3.63) is 42.0 Å². The van der Waals surface area contributed by atoms with Gasteiger partial charge in [-0.2, -0.15) is 0 Å². The van der Waals surface area contributed by atoms with Crippen LogP contribution in [0, 0.1) is 12.8 Å². The van der Waals surface area contributed by atoms with Gasteiger partial charge in [0.1, 0.15) is 0 Å². The van der Waals surface area contributed by atoms with Crippen LogP contribution in [0.15, 0.2) is 36.4 Å². The fourth-order valence-electron chi connectivity index (χ4n) is 4.42. The quantitative estimate of drug-likeness (QED) is 0.870. The number of piperidine rings is 1. The summed E-state index contributed by atoms with van der Waals surface area (Å²) in [5.74, 6) is 1.14. The van der Waals surface area contributed by atoms with Crippen molar-refractivity contribution in [2.75, 3.05) is 18.0 Å². The molecule has 5 nitrogen and oxygen atoms in total. The van der Waals surface area contributed by atoms with Crippen LogP contribution in [0.25, 0.3) is 11.3 Å². The summed E-state index contributed by atoms with van der Waals surface area (Å²) in [6.07, 6.45) is 8.03. The topological polar surface area (TPSA) is 58.1 Å². The third kappa shape index (κ3) is 4.51. The Morgan fingerprint density at radius 2 is 1.89 bits per heavy atom. The van der Waals surface area contributed by atoms with E-state index in [2.05, 4.69) is 45.5 Å². The van der Waals surface area contributed by atoms with Crippen molar-refractivity contribution in [3.8, 4) is 11.3 Å². The highest BCUT2D eigenvalue weighted by molar-refractivity contribution is 5.79. The van der Waals surface area contributed by atoms with Gasteiger partial charge in [0.2, 0.25) is 5.91 Å². The lowest BCUT2D eigenvalue weighted by molar-refractivity contribution is -0.126. The Morgan fingerprint density at radius 3 is 2.64 bits per heavy atom. The van der Waals surface area contributed by atoms with Crippen LogP contribution in [-0.2, 0) is 4.79 Å². The molecule has 5 heteroatoms. The molecule has 0 bridgehead atoms. The standard InChI is InChI=1S/C23H30N4O/c1-17-7-5-8-18(15-17)21-12-13-22(26-25-21)27-14-6-9-19(16-27)23(28)24-20-10-3-2-4-11-20/h5,7-8,12-13,15,19-20H,2-4,6,9-11,14,16H2,1H3,(H,24,28). The SMILES string of the molecule is Cc1cccc(-c2ccc(N3CCCC(C(=O)NC4CCCCC4)C3)nn2)c1. The summed E-state index contributed by atoms with van der Waals surface area (Å²) in [7, 11) is 0. The average Bonchev–Trinajstić information content (AvgIpc) is 2.75. The number of carbonyl (C=O) groups is 1. The third-order valence-electron chi connectivity index (χ3n) is 6.03. The first-order valence-electron chi connectivity index (χ1n) is 10.6. The van der Waals surface area contributed by atoms with Gasteiger partial charge >= 0.3 is 0 Å². The normalized spacial score (nSPS) is 20.8. The van der Waals surface area contributed by atoms with Crippen molar-refractivity contribution in [1.29, 1.82) is 0 Å². The zero-order valence-corrected chi connectivity index (χ0v) is 16.7. The molecule has 0 radical (unpaired) electrons. The maximum atomic E-state index is 12.7. The van der Waals surface area contributed by atoms with Crippen molar-refractivity contribution in [2.45, 2.75) is 57.9 Å². The van der Waals surface area contributed by atoms with E-state index in [0.29, 0.717) is 6.04 Å². The summed E-state index contributed by atoms with van der Waals surface area (Å²) in [6.45, 7) is 3.75. The zero-order valence-electron chi connectivity index (χ0n) is 16.7. The largest absolute Gasteiger partial charge is 0.354 e. The molecule has 1 saturated carbocycles. The summed E-state index contributed by atoms with van der Waals surface area (Å²) < 4.78 is 0. The first-order valence-corrected chi connectivity index (χ1v) is 10.6. The van der Waals surface area contributed by atoms with Crippen LogP contribution in [-0.4, -0.2) is 35.2 Å². The predicted molar refractivity (Wildman–Crippen MR) is 112 cm³/mol. The van der Waals surface area contributed by atoms with Crippen LogP contribution in [0.1, 0.15) is 50.5 Å². The lowest BCUT2D eigenvalue weighted by Gasteiger charge is -2.34. The number of nitrogens with one attached hydrogen (secondary N) is 1. The maximum absolute atomic E-state index is 12.7. The molecular formula is C23H30N4O. The second kappa shape index (κ2) is 8.72. The molecule has 1 N–H and O–H groups in total. The average molecular weight is 379 g/mol. The van der Waals surface area contributed by atoms with Gasteiger partial charge in [0.05, 0.1) is 11.6 Å². The summed E-state index contributed by atoms with van der Waals surface area (Å²) in [5, 5.41) is 12.2. The molecule has 1 saturated heterocycles. The first-order chi connectivity index (χ1) is 13.7. The molecule has 1 amide bonds. The Balaban J connectivity index is 1.39. The molecule has 1 aliphatic heterocycles. The van der Waals surface area contributed by atoms with Crippen molar-refractivity contribution in [3.63, 3.8) is 0 Å². The lowest BCUT2D eigenvalue weighted by Crippen LogP contribution is -2.46. The molecule has 1 atom stereocenters. The number of aromatic nitrogens is 2. The number of hydrogen-bond donors (Lipinski definition) is 1. The van der Waals surface area contributed by atoms with E-state index in [-0.39, 0.29) is 11.8 Å². The number of hydrogen-bond acceptors (Lipinski definition) is 4. The van der Waals surface area contributed by atoms with Gasteiger partial charge < -0.3 is 10.2 Å². The van der Waals surface area contributed by atoms with E-state index < -0.39 is 0 Å². The van der Waals surface area contributed by atoms with Crippen molar-refractivity contribution in [1.82, 2.24) is 15.5 Å². The van der Waals surface area contributed by atoms with Gasteiger partial charge in [-0.3, -0.25) is 4.79 Å². The van der Waals surface area contributed by atoms with E-state index in [1.165, 1.54) is 24.8 Å². The number of benzene rings is 1. The zero-order chi connectivity index (χ0) is 19.3. The van der Waals surface area contributed by atoms with Crippen LogP contribution in [0.5, 0.6) is 0 Å². The van der Waals surface area contributed by atoms with E-state index in [0.717, 1.165) is 55.8 Å². The number of anilines is 1. The van der Waals surface area contributed by atoms with E-state index in [4.69, 9.17) is 0 Å². The van der Waals surface area contributed by atoms with Gasteiger partial charge in [-0.15, -0.1) is 10.2 Å². The number of rotatable bonds is 4. The van der Waals surface area contributed by atoms with Crippen LogP contribution in [0.4, 0.5) is 5.82 Å². The molecule has 2 heterocycles. The fraction of sp³-hybridized carbons (Fsp3) is 0.522. The molecule has 2 aromatic rings. The third-order valence-corrected chi connectivity index (χ3v) is 6.03. The van der Waals surface area contributed by atoms with Gasteiger partial charge in [-0.05, 0) is 50.8 Å². The lowest BCUT2D eigenvalue weighted by atomic mass is 9.93. The minimum atomic E-state index is 0.0499. The maximum Gasteiger partial charge on any atom is 0.225 e. The van der Waals surface area contributed by atoms with Gasteiger partial charge in [0.25, 0.3) is 0 Å². The Kier molecular flexibility index (Phi) is 5.89. The highest BCUT2D eigenvalue weighted by atomic mass is 16.2. The second-order valence-corrected chi connectivity index (χ2v) is 8.27. The Morgan fingerprint density at radius 1 is 1.04 bits per heavy atom. The van der Waals surface area contributed by atoms with Crippen LogP contribution < -0.4 is 10.2 Å². The number of carbonyl (C=O) groups excluding carboxylic acids is 1. The Labute approximate surface area is 167 Å². The summed E-state index contributed by atoms with van der Waals surface area (Å²) >= 11 is 0. The minimum Gasteiger partial charge on any atom is -0.354 e. The van der Waals surface area contributed by atoms with E-state index in [1.807, 2.05) is 18.2 Å². The highest BCUT2D eigenvalue weighted by Gasteiger charge is 2.28. The predicted octanol–water partition coefficient (Wildman–Crippen LogP) is 4.12. The van der Waals surface area contributed by atoms with E-state index >= 15 is 0 Å². The fourth-order valence-corrected chi connectivity index (χ4v) is 4.42. The molecule has 1 aromatic heterocycles. The Hall–Kier alpha value is -2.43. The summed E-state index contributed by atoms with van der Waals surface area (Å²) in [5.41, 5.74) is 3.18. The molecule has 28 heavy (non-hydrogen) atoms. The molecule has 148 valence electrons. The number of nitrogens with zero attached hydrogens (tertiary/aromatic N) is 3.